The molecule has 0 saturated heterocycles. The largest absolute Gasteiger partial charge is 0.396 e. The van der Waals surface area contributed by atoms with Gasteiger partial charge in [-0.15, -0.1) is 0 Å². The van der Waals surface area contributed by atoms with Crippen molar-refractivity contribution >= 4 is 0 Å². The van der Waals surface area contributed by atoms with Gasteiger partial charge in [0, 0.05) is 32.2 Å². The molecule has 0 spiro atoms. The van der Waals surface area contributed by atoms with E-state index in [0.29, 0.717) is 33.0 Å². The first-order chi connectivity index (χ1) is 8.45. The van der Waals surface area contributed by atoms with Crippen LogP contribution in [0.1, 0.15) is 13.8 Å². The number of rotatable bonds is 11. The van der Waals surface area contributed by atoms with Gasteiger partial charge in [0.1, 0.15) is 0 Å². The Hall–Kier alpha value is -0.200. The monoisotopic (exact) mass is 264 g/mol. The van der Waals surface area contributed by atoms with Crippen LogP contribution in [0.4, 0.5) is 0 Å². The van der Waals surface area contributed by atoms with Crippen LogP contribution in [-0.4, -0.2) is 66.1 Å². The molecule has 0 aliphatic heterocycles. The maximum Gasteiger partial charge on any atom is 0.0564 e. The SMILES string of the molecule is COCC(C)(CO)COCC(C)(COC)COC. The highest BCUT2D eigenvalue weighted by molar-refractivity contribution is 4.76. The zero-order chi connectivity index (χ0) is 14.1. The topological polar surface area (TPSA) is 57.2 Å². The van der Waals surface area contributed by atoms with Crippen LogP contribution in [-0.2, 0) is 18.9 Å². The Labute approximate surface area is 110 Å². The lowest BCUT2D eigenvalue weighted by Crippen LogP contribution is -2.38. The molecule has 0 aromatic rings. The van der Waals surface area contributed by atoms with Crippen molar-refractivity contribution in [3.63, 3.8) is 0 Å². The van der Waals surface area contributed by atoms with E-state index in [1.807, 2.05) is 13.8 Å². The van der Waals surface area contributed by atoms with E-state index in [2.05, 4.69) is 0 Å². The minimum Gasteiger partial charge on any atom is -0.396 e. The predicted octanol–water partition coefficient (Wildman–Crippen LogP) is 0.947. The standard InChI is InChI=1S/C13H28O5/c1-12(6-14,7-15-3)10-18-11-13(2,8-16-4)9-17-5/h14H,6-11H2,1-5H3. The summed E-state index contributed by atoms with van der Waals surface area (Å²) in [6.45, 7) is 6.59. The van der Waals surface area contributed by atoms with Gasteiger partial charge in [0.25, 0.3) is 0 Å². The van der Waals surface area contributed by atoms with Crippen LogP contribution in [0, 0.1) is 10.8 Å². The van der Waals surface area contributed by atoms with Gasteiger partial charge in [-0.2, -0.15) is 0 Å². The molecule has 0 bridgehead atoms. The lowest BCUT2D eigenvalue weighted by Gasteiger charge is -2.31. The van der Waals surface area contributed by atoms with Gasteiger partial charge >= 0.3 is 0 Å². The molecule has 1 N–H and O–H groups in total. The normalized spacial score (nSPS) is 15.7. The van der Waals surface area contributed by atoms with Crippen LogP contribution in [0.15, 0.2) is 0 Å². The Morgan fingerprint density at radius 1 is 0.722 bits per heavy atom. The third kappa shape index (κ3) is 6.66. The van der Waals surface area contributed by atoms with E-state index >= 15 is 0 Å². The Morgan fingerprint density at radius 2 is 1.11 bits per heavy atom. The first kappa shape index (κ1) is 17.8. The van der Waals surface area contributed by atoms with Crippen LogP contribution in [0.3, 0.4) is 0 Å². The van der Waals surface area contributed by atoms with Gasteiger partial charge in [0.2, 0.25) is 0 Å². The van der Waals surface area contributed by atoms with Gasteiger partial charge in [-0.25, -0.2) is 0 Å². The fraction of sp³-hybridized carbons (Fsp3) is 1.00. The fourth-order valence-electron chi connectivity index (χ4n) is 1.85. The third-order valence-electron chi connectivity index (χ3n) is 2.76. The summed E-state index contributed by atoms with van der Waals surface area (Å²) in [5.41, 5.74) is -0.539. The van der Waals surface area contributed by atoms with Crippen LogP contribution >= 0.6 is 0 Å². The average molecular weight is 264 g/mol. The Morgan fingerprint density at radius 3 is 1.50 bits per heavy atom. The number of aliphatic hydroxyl groups is 1. The van der Waals surface area contributed by atoms with E-state index in [0.717, 1.165) is 0 Å². The van der Waals surface area contributed by atoms with Crippen molar-refractivity contribution < 1.29 is 24.1 Å². The molecular formula is C13H28O5. The number of aliphatic hydroxyl groups excluding tert-OH is 1. The summed E-state index contributed by atoms with van der Waals surface area (Å²) in [5, 5.41) is 9.34. The van der Waals surface area contributed by atoms with Gasteiger partial charge in [-0.1, -0.05) is 13.8 Å². The maximum absolute atomic E-state index is 9.34. The van der Waals surface area contributed by atoms with Crippen LogP contribution in [0.25, 0.3) is 0 Å². The molecule has 5 nitrogen and oxygen atoms in total. The summed E-state index contributed by atoms with van der Waals surface area (Å²) in [5.74, 6) is 0. The molecule has 5 heteroatoms. The lowest BCUT2D eigenvalue weighted by molar-refractivity contribution is -0.0784. The molecule has 1 unspecified atom stereocenters. The minimum absolute atomic E-state index is 0.0338. The lowest BCUT2D eigenvalue weighted by atomic mass is 9.92. The average Bonchev–Trinajstić information content (AvgIpc) is 2.30. The minimum atomic E-state index is -0.365. The van der Waals surface area contributed by atoms with Gasteiger partial charge in [0.15, 0.2) is 0 Å². The van der Waals surface area contributed by atoms with Crippen molar-refractivity contribution in [1.29, 1.82) is 0 Å². The highest BCUT2D eigenvalue weighted by atomic mass is 16.5. The third-order valence-corrected chi connectivity index (χ3v) is 2.76. The summed E-state index contributed by atoms with van der Waals surface area (Å²) < 4.78 is 21.2. The van der Waals surface area contributed by atoms with E-state index < -0.39 is 0 Å². The summed E-state index contributed by atoms with van der Waals surface area (Å²) >= 11 is 0. The molecule has 0 aliphatic carbocycles. The predicted molar refractivity (Wildman–Crippen MR) is 69.7 cm³/mol. The molecule has 1 atom stereocenters. The van der Waals surface area contributed by atoms with Gasteiger partial charge in [-0.3, -0.25) is 0 Å². The molecule has 0 aromatic carbocycles. The van der Waals surface area contributed by atoms with Crippen molar-refractivity contribution in [2.45, 2.75) is 13.8 Å². The zero-order valence-corrected chi connectivity index (χ0v) is 12.3. The van der Waals surface area contributed by atoms with E-state index in [1.165, 1.54) is 0 Å². The summed E-state index contributed by atoms with van der Waals surface area (Å²) in [6, 6.07) is 0. The number of hydrogen-bond acceptors (Lipinski definition) is 5. The van der Waals surface area contributed by atoms with Crippen molar-refractivity contribution in [2.24, 2.45) is 10.8 Å². The number of methoxy groups -OCH3 is 3. The Kier molecular flexibility index (Phi) is 8.73. The maximum atomic E-state index is 9.34. The van der Waals surface area contributed by atoms with Crippen LogP contribution < -0.4 is 0 Å². The highest BCUT2D eigenvalue weighted by Gasteiger charge is 2.28. The Balaban J connectivity index is 4.19. The smallest absolute Gasteiger partial charge is 0.0564 e. The van der Waals surface area contributed by atoms with E-state index in [4.69, 9.17) is 18.9 Å². The molecule has 18 heavy (non-hydrogen) atoms. The molecule has 0 amide bonds. The second kappa shape index (κ2) is 8.82. The molecule has 0 fully saturated rings. The fourth-order valence-corrected chi connectivity index (χ4v) is 1.85. The molecule has 0 aromatic heterocycles. The van der Waals surface area contributed by atoms with E-state index in [-0.39, 0.29) is 17.4 Å². The van der Waals surface area contributed by atoms with Crippen LogP contribution in [0.5, 0.6) is 0 Å². The number of hydrogen-bond donors (Lipinski definition) is 1. The quantitative estimate of drug-likeness (QED) is 0.602. The second-order valence-corrected chi connectivity index (χ2v) is 5.57. The van der Waals surface area contributed by atoms with E-state index in [9.17, 15) is 5.11 Å². The molecule has 0 radical (unpaired) electrons. The van der Waals surface area contributed by atoms with Gasteiger partial charge in [0.05, 0.1) is 39.6 Å². The molecule has 0 aliphatic rings. The van der Waals surface area contributed by atoms with E-state index in [1.54, 1.807) is 21.3 Å². The molecule has 110 valence electrons. The van der Waals surface area contributed by atoms with Crippen molar-refractivity contribution in [3.8, 4) is 0 Å². The van der Waals surface area contributed by atoms with Crippen molar-refractivity contribution in [1.82, 2.24) is 0 Å². The van der Waals surface area contributed by atoms with Crippen molar-refractivity contribution in [2.75, 3.05) is 61.0 Å². The van der Waals surface area contributed by atoms with Gasteiger partial charge in [-0.05, 0) is 0 Å². The molecule has 0 rings (SSSR count). The zero-order valence-electron chi connectivity index (χ0n) is 12.3. The first-order valence-corrected chi connectivity index (χ1v) is 6.11. The summed E-state index contributed by atoms with van der Waals surface area (Å²) in [4.78, 5) is 0. The first-order valence-electron chi connectivity index (χ1n) is 6.11. The molecular weight excluding hydrogens is 236 g/mol. The molecule has 0 heterocycles. The van der Waals surface area contributed by atoms with Crippen molar-refractivity contribution in [3.05, 3.63) is 0 Å². The number of ether oxygens (including phenoxy) is 4. The Bertz CT molecular complexity index is 204. The highest BCUT2D eigenvalue weighted by Crippen LogP contribution is 2.21. The second-order valence-electron chi connectivity index (χ2n) is 5.57. The van der Waals surface area contributed by atoms with Crippen LogP contribution in [0.2, 0.25) is 0 Å². The molecule has 0 saturated carbocycles. The van der Waals surface area contributed by atoms with Gasteiger partial charge < -0.3 is 24.1 Å². The summed E-state index contributed by atoms with van der Waals surface area (Å²) in [6.07, 6.45) is 0. The summed E-state index contributed by atoms with van der Waals surface area (Å²) in [7, 11) is 4.95.